The summed E-state index contributed by atoms with van der Waals surface area (Å²) < 4.78 is 0. The van der Waals surface area contributed by atoms with Gasteiger partial charge >= 0.3 is 0 Å². The molecule has 1 aliphatic carbocycles. The van der Waals surface area contributed by atoms with Crippen LogP contribution in [0.4, 0.5) is 5.69 Å². The SMILES string of the molecule is CCC1CCCC(Nc2ccc(CC(=O)N(C)C)cc2)C1. The van der Waals surface area contributed by atoms with Crippen LogP contribution in [0.2, 0.25) is 0 Å². The quantitative estimate of drug-likeness (QED) is 0.896. The number of benzene rings is 1. The second-order valence-corrected chi connectivity index (χ2v) is 6.44. The number of nitrogens with one attached hydrogen (secondary N) is 1. The number of hydrogen-bond donors (Lipinski definition) is 1. The fourth-order valence-electron chi connectivity index (χ4n) is 3.08. The van der Waals surface area contributed by atoms with Crippen LogP contribution in [0.15, 0.2) is 24.3 Å². The first-order valence-electron chi connectivity index (χ1n) is 8.14. The van der Waals surface area contributed by atoms with Crippen LogP contribution in [0.5, 0.6) is 0 Å². The molecule has 2 unspecified atom stereocenters. The summed E-state index contributed by atoms with van der Waals surface area (Å²) in [4.78, 5) is 13.3. The molecule has 116 valence electrons. The third-order valence-corrected chi connectivity index (χ3v) is 4.54. The first kappa shape index (κ1) is 15.9. The van der Waals surface area contributed by atoms with E-state index in [0.717, 1.165) is 11.5 Å². The lowest BCUT2D eigenvalue weighted by Gasteiger charge is -2.29. The molecule has 1 aromatic carbocycles. The molecule has 0 bridgehead atoms. The Morgan fingerprint density at radius 2 is 1.95 bits per heavy atom. The lowest BCUT2D eigenvalue weighted by Crippen LogP contribution is -2.27. The number of carbonyl (C=O) groups excluding carboxylic acids is 1. The highest BCUT2D eigenvalue weighted by atomic mass is 16.2. The van der Waals surface area contributed by atoms with Gasteiger partial charge in [-0.1, -0.05) is 38.3 Å². The van der Waals surface area contributed by atoms with Gasteiger partial charge in [0, 0.05) is 25.8 Å². The van der Waals surface area contributed by atoms with Gasteiger partial charge in [-0.3, -0.25) is 4.79 Å². The number of hydrogen-bond acceptors (Lipinski definition) is 2. The summed E-state index contributed by atoms with van der Waals surface area (Å²) in [5.41, 5.74) is 2.26. The van der Waals surface area contributed by atoms with E-state index >= 15 is 0 Å². The number of carbonyl (C=O) groups is 1. The van der Waals surface area contributed by atoms with Crippen molar-refractivity contribution in [1.82, 2.24) is 4.90 Å². The third-order valence-electron chi connectivity index (χ3n) is 4.54. The van der Waals surface area contributed by atoms with Crippen LogP contribution >= 0.6 is 0 Å². The standard InChI is InChI=1S/C18H28N2O/c1-4-14-6-5-7-17(12-14)19-16-10-8-15(9-11-16)13-18(21)20(2)3/h8-11,14,17,19H,4-7,12-13H2,1-3H3. The number of likely N-dealkylation sites (N-methyl/N-ethyl adjacent to an activating group) is 1. The Morgan fingerprint density at radius 1 is 1.24 bits per heavy atom. The molecule has 1 fully saturated rings. The molecule has 1 aromatic rings. The van der Waals surface area contributed by atoms with Crippen LogP contribution in [-0.2, 0) is 11.2 Å². The molecular formula is C18H28N2O. The summed E-state index contributed by atoms with van der Waals surface area (Å²) in [6.07, 6.45) is 7.07. The van der Waals surface area contributed by atoms with Gasteiger partial charge in [-0.05, 0) is 36.5 Å². The van der Waals surface area contributed by atoms with Crippen molar-refractivity contribution in [3.8, 4) is 0 Å². The lowest BCUT2D eigenvalue weighted by molar-refractivity contribution is -0.127. The van der Waals surface area contributed by atoms with E-state index in [2.05, 4.69) is 36.5 Å². The summed E-state index contributed by atoms with van der Waals surface area (Å²) in [7, 11) is 3.59. The zero-order valence-corrected chi connectivity index (χ0v) is 13.6. The Morgan fingerprint density at radius 3 is 2.57 bits per heavy atom. The van der Waals surface area contributed by atoms with E-state index in [9.17, 15) is 4.79 Å². The average molecular weight is 288 g/mol. The van der Waals surface area contributed by atoms with E-state index in [1.165, 1.54) is 37.8 Å². The molecule has 1 amide bonds. The van der Waals surface area contributed by atoms with Gasteiger partial charge in [0.2, 0.25) is 5.91 Å². The van der Waals surface area contributed by atoms with Gasteiger partial charge in [0.05, 0.1) is 6.42 Å². The normalized spacial score (nSPS) is 21.9. The van der Waals surface area contributed by atoms with Crippen LogP contribution in [0.3, 0.4) is 0 Å². The summed E-state index contributed by atoms with van der Waals surface area (Å²) in [5, 5.41) is 3.65. The number of anilines is 1. The molecule has 1 N–H and O–H groups in total. The van der Waals surface area contributed by atoms with Gasteiger partial charge in [0.15, 0.2) is 0 Å². The highest BCUT2D eigenvalue weighted by Crippen LogP contribution is 2.28. The van der Waals surface area contributed by atoms with Crippen molar-refractivity contribution >= 4 is 11.6 Å². The molecule has 0 spiro atoms. The fraction of sp³-hybridized carbons (Fsp3) is 0.611. The second-order valence-electron chi connectivity index (χ2n) is 6.44. The van der Waals surface area contributed by atoms with Crippen molar-refractivity contribution in [2.45, 2.75) is 51.5 Å². The van der Waals surface area contributed by atoms with Crippen molar-refractivity contribution in [3.05, 3.63) is 29.8 Å². The first-order chi connectivity index (χ1) is 10.1. The molecule has 2 atom stereocenters. The largest absolute Gasteiger partial charge is 0.382 e. The molecule has 21 heavy (non-hydrogen) atoms. The highest BCUT2D eigenvalue weighted by molar-refractivity contribution is 5.78. The number of amides is 1. The number of nitrogens with zero attached hydrogens (tertiary/aromatic N) is 1. The maximum absolute atomic E-state index is 11.7. The maximum atomic E-state index is 11.7. The molecule has 3 nitrogen and oxygen atoms in total. The molecule has 0 saturated heterocycles. The summed E-state index contributed by atoms with van der Waals surface area (Å²) >= 11 is 0. The van der Waals surface area contributed by atoms with E-state index in [1.807, 2.05) is 0 Å². The molecule has 0 heterocycles. The van der Waals surface area contributed by atoms with Gasteiger partial charge < -0.3 is 10.2 Å². The van der Waals surface area contributed by atoms with E-state index in [0.29, 0.717) is 12.5 Å². The average Bonchev–Trinajstić information content (AvgIpc) is 2.49. The van der Waals surface area contributed by atoms with E-state index in [1.54, 1.807) is 19.0 Å². The molecule has 3 heteroatoms. The lowest BCUT2D eigenvalue weighted by atomic mass is 9.84. The molecule has 2 rings (SSSR count). The van der Waals surface area contributed by atoms with Gasteiger partial charge in [-0.2, -0.15) is 0 Å². The first-order valence-corrected chi connectivity index (χ1v) is 8.14. The van der Waals surface area contributed by atoms with E-state index in [-0.39, 0.29) is 5.91 Å². The Balaban J connectivity index is 1.88. The van der Waals surface area contributed by atoms with Crippen LogP contribution in [-0.4, -0.2) is 30.9 Å². The Kier molecular flexibility index (Phi) is 5.66. The predicted molar refractivity (Wildman–Crippen MR) is 88.5 cm³/mol. The van der Waals surface area contributed by atoms with Crippen LogP contribution in [0, 0.1) is 5.92 Å². The Bertz CT molecular complexity index is 453. The summed E-state index contributed by atoms with van der Waals surface area (Å²) in [6, 6.07) is 8.94. The van der Waals surface area contributed by atoms with Crippen molar-refractivity contribution in [1.29, 1.82) is 0 Å². The molecule has 0 aliphatic heterocycles. The fourth-order valence-corrected chi connectivity index (χ4v) is 3.08. The summed E-state index contributed by atoms with van der Waals surface area (Å²) in [5.74, 6) is 1.03. The Hall–Kier alpha value is -1.51. The Labute approximate surface area is 128 Å². The minimum Gasteiger partial charge on any atom is -0.382 e. The van der Waals surface area contributed by atoms with E-state index in [4.69, 9.17) is 0 Å². The second kappa shape index (κ2) is 7.48. The van der Waals surface area contributed by atoms with Gasteiger partial charge in [0.25, 0.3) is 0 Å². The molecule has 1 aliphatic rings. The maximum Gasteiger partial charge on any atom is 0.226 e. The predicted octanol–water partition coefficient (Wildman–Crippen LogP) is 3.70. The van der Waals surface area contributed by atoms with Crippen molar-refractivity contribution < 1.29 is 4.79 Å². The van der Waals surface area contributed by atoms with Gasteiger partial charge in [0.1, 0.15) is 0 Å². The zero-order valence-electron chi connectivity index (χ0n) is 13.6. The smallest absolute Gasteiger partial charge is 0.226 e. The molecular weight excluding hydrogens is 260 g/mol. The van der Waals surface area contributed by atoms with Gasteiger partial charge in [-0.15, -0.1) is 0 Å². The monoisotopic (exact) mass is 288 g/mol. The van der Waals surface area contributed by atoms with E-state index < -0.39 is 0 Å². The summed E-state index contributed by atoms with van der Waals surface area (Å²) in [6.45, 7) is 2.30. The molecule has 0 radical (unpaired) electrons. The zero-order chi connectivity index (χ0) is 15.2. The van der Waals surface area contributed by atoms with Gasteiger partial charge in [-0.25, -0.2) is 0 Å². The van der Waals surface area contributed by atoms with Crippen molar-refractivity contribution in [2.24, 2.45) is 5.92 Å². The van der Waals surface area contributed by atoms with Crippen molar-refractivity contribution in [2.75, 3.05) is 19.4 Å². The highest BCUT2D eigenvalue weighted by Gasteiger charge is 2.20. The molecule has 0 aromatic heterocycles. The topological polar surface area (TPSA) is 32.3 Å². The minimum absolute atomic E-state index is 0.147. The third kappa shape index (κ3) is 4.76. The van der Waals surface area contributed by atoms with Crippen LogP contribution in [0.1, 0.15) is 44.6 Å². The molecule has 1 saturated carbocycles. The number of rotatable bonds is 5. The van der Waals surface area contributed by atoms with Crippen LogP contribution in [0.25, 0.3) is 0 Å². The van der Waals surface area contributed by atoms with Crippen LogP contribution < -0.4 is 5.32 Å². The van der Waals surface area contributed by atoms with Crippen molar-refractivity contribution in [3.63, 3.8) is 0 Å². The minimum atomic E-state index is 0.147.